The Morgan fingerprint density at radius 1 is 1.16 bits per heavy atom. The number of nitrogens with one attached hydrogen (secondary N) is 2. The molecule has 32 heavy (non-hydrogen) atoms. The summed E-state index contributed by atoms with van der Waals surface area (Å²) >= 11 is 0. The van der Waals surface area contributed by atoms with Crippen molar-refractivity contribution in [2.24, 2.45) is 11.8 Å². The van der Waals surface area contributed by atoms with Crippen molar-refractivity contribution in [1.29, 1.82) is 0 Å². The van der Waals surface area contributed by atoms with E-state index in [1.165, 1.54) is 0 Å². The van der Waals surface area contributed by atoms with E-state index in [0.717, 1.165) is 38.5 Å². The third kappa shape index (κ3) is 2.73. The second-order valence-corrected chi connectivity index (χ2v) is 10.1. The smallest absolute Gasteiger partial charge is 0.246 e. The normalized spacial score (nSPS) is 37.9. The fraction of sp³-hybridized carbons (Fsp3) is 0.652. The molecule has 3 amide bonds. The number of hydrogen-bond donors (Lipinski definition) is 2. The summed E-state index contributed by atoms with van der Waals surface area (Å²) in [6.07, 6.45) is 9.59. The highest BCUT2D eigenvalue weighted by molar-refractivity contribution is 6.03. The van der Waals surface area contributed by atoms with Crippen molar-refractivity contribution in [3.05, 3.63) is 24.0 Å². The van der Waals surface area contributed by atoms with Crippen LogP contribution in [0.1, 0.15) is 51.2 Å². The lowest BCUT2D eigenvalue weighted by molar-refractivity contribution is -0.144. The summed E-state index contributed by atoms with van der Waals surface area (Å²) in [4.78, 5) is 42.4. The number of aryl methyl sites for hydroxylation is 1. The van der Waals surface area contributed by atoms with Gasteiger partial charge in [-0.3, -0.25) is 14.4 Å². The van der Waals surface area contributed by atoms with Crippen LogP contribution in [-0.2, 0) is 19.1 Å². The van der Waals surface area contributed by atoms with Crippen molar-refractivity contribution in [3.8, 4) is 0 Å². The van der Waals surface area contributed by atoms with Crippen LogP contribution >= 0.6 is 0 Å². The molecule has 0 radical (unpaired) electrons. The van der Waals surface area contributed by atoms with Crippen molar-refractivity contribution in [2.75, 3.05) is 5.32 Å². The molecule has 3 aliphatic heterocycles. The van der Waals surface area contributed by atoms with Gasteiger partial charge in [-0.05, 0) is 39.5 Å². The zero-order valence-corrected chi connectivity index (χ0v) is 18.3. The van der Waals surface area contributed by atoms with Crippen molar-refractivity contribution >= 4 is 23.5 Å². The monoisotopic (exact) mass is 440 g/mol. The fourth-order valence-corrected chi connectivity index (χ4v) is 6.29. The van der Waals surface area contributed by atoms with Crippen LogP contribution in [0.3, 0.4) is 0 Å². The van der Waals surface area contributed by atoms with E-state index in [9.17, 15) is 14.4 Å². The first-order chi connectivity index (χ1) is 15.3. The van der Waals surface area contributed by atoms with Crippen molar-refractivity contribution in [2.45, 2.75) is 81.7 Å². The maximum Gasteiger partial charge on any atom is 0.246 e. The molecular weight excluding hydrogens is 412 g/mol. The second-order valence-electron chi connectivity index (χ2n) is 10.1. The highest BCUT2D eigenvalue weighted by Gasteiger charge is 2.77. The van der Waals surface area contributed by atoms with Crippen LogP contribution in [-0.4, -0.2) is 57.1 Å². The summed E-state index contributed by atoms with van der Waals surface area (Å²) in [6.45, 7) is 3.56. The minimum Gasteiger partial charge on any atom is -0.360 e. The van der Waals surface area contributed by atoms with Gasteiger partial charge in [0.2, 0.25) is 17.7 Å². The Morgan fingerprint density at radius 3 is 2.56 bits per heavy atom. The van der Waals surface area contributed by atoms with Crippen LogP contribution in [0.25, 0.3) is 0 Å². The number of aromatic nitrogens is 1. The van der Waals surface area contributed by atoms with Gasteiger partial charge in [-0.2, -0.15) is 0 Å². The second kappa shape index (κ2) is 6.66. The Labute approximate surface area is 185 Å². The average Bonchev–Trinajstić information content (AvgIpc) is 3.06. The molecule has 5 atom stereocenters. The van der Waals surface area contributed by atoms with E-state index in [2.05, 4.69) is 15.8 Å². The van der Waals surface area contributed by atoms with Gasteiger partial charge in [0.1, 0.15) is 17.4 Å². The minimum absolute atomic E-state index is 0.0348. The number of hydrogen-bond acceptors (Lipinski definition) is 6. The SMILES string of the molecule is Cc1cc(NC(=O)[C@@H]2[C@H]3C(=O)N(C4CC4)[C@@H](C(=O)NC4CCCC4)[C@@]34C=C[C@@]2(C)O4)no1. The van der Waals surface area contributed by atoms with Crippen LogP contribution in [0.15, 0.2) is 22.7 Å². The number of nitrogens with zero attached hydrogens (tertiary/aromatic N) is 2. The molecule has 5 aliphatic rings. The largest absolute Gasteiger partial charge is 0.360 e. The highest BCUT2D eigenvalue weighted by Crippen LogP contribution is 2.61. The molecule has 1 spiro atoms. The number of rotatable bonds is 5. The summed E-state index contributed by atoms with van der Waals surface area (Å²) in [7, 11) is 0. The summed E-state index contributed by atoms with van der Waals surface area (Å²) in [5.74, 6) is -1.30. The molecule has 2 bridgehead atoms. The Bertz CT molecular complexity index is 1030. The van der Waals surface area contributed by atoms with Crippen molar-refractivity contribution in [3.63, 3.8) is 0 Å². The van der Waals surface area contributed by atoms with Gasteiger partial charge < -0.3 is 24.8 Å². The molecule has 9 heteroatoms. The number of carbonyl (C=O) groups is 3. The summed E-state index contributed by atoms with van der Waals surface area (Å²) in [5, 5.41) is 9.80. The van der Waals surface area contributed by atoms with Gasteiger partial charge in [-0.25, -0.2) is 0 Å². The number of likely N-dealkylation sites (tertiary alicyclic amines) is 1. The Morgan fingerprint density at radius 2 is 1.91 bits per heavy atom. The predicted octanol–water partition coefficient (Wildman–Crippen LogP) is 1.68. The lowest BCUT2D eigenvalue weighted by Gasteiger charge is -2.33. The number of fused-ring (bicyclic) bond motifs is 1. The first-order valence-electron chi connectivity index (χ1n) is 11.6. The topological polar surface area (TPSA) is 114 Å². The molecule has 0 unspecified atom stereocenters. The van der Waals surface area contributed by atoms with Gasteiger partial charge in [-0.1, -0.05) is 30.2 Å². The standard InChI is InChI=1S/C23H28N4O5/c1-12-11-15(26-31-12)25-19(28)16-17-21(30)27(14-7-8-14)18(20(29)24-13-5-3-4-6-13)23(17)10-9-22(16,2)32-23/h9-11,13-14,16-18H,3-8H2,1-2H3,(H,24,29)(H,25,26,28)/t16-,17-,18-,22+,23+/m0/s1. The molecule has 1 aromatic heterocycles. The van der Waals surface area contributed by atoms with Crippen molar-refractivity contribution in [1.82, 2.24) is 15.4 Å². The number of carbonyl (C=O) groups excluding carboxylic acids is 3. The zero-order chi connectivity index (χ0) is 22.3. The fourth-order valence-electron chi connectivity index (χ4n) is 6.29. The van der Waals surface area contributed by atoms with E-state index >= 15 is 0 Å². The lowest BCUT2D eigenvalue weighted by atomic mass is 9.70. The third-order valence-corrected chi connectivity index (χ3v) is 7.79. The van der Waals surface area contributed by atoms with E-state index in [0.29, 0.717) is 11.6 Å². The molecule has 2 saturated heterocycles. The van der Waals surface area contributed by atoms with Crippen LogP contribution in [0.4, 0.5) is 5.82 Å². The molecule has 1 aromatic rings. The van der Waals surface area contributed by atoms with E-state index in [-0.39, 0.29) is 29.8 Å². The average molecular weight is 441 g/mol. The summed E-state index contributed by atoms with van der Waals surface area (Å²) in [6, 6.07) is 1.05. The van der Waals surface area contributed by atoms with Gasteiger partial charge in [0, 0.05) is 18.2 Å². The van der Waals surface area contributed by atoms with Crippen molar-refractivity contribution < 1.29 is 23.6 Å². The van der Waals surface area contributed by atoms with Crippen LogP contribution in [0.2, 0.25) is 0 Å². The summed E-state index contributed by atoms with van der Waals surface area (Å²) in [5.41, 5.74) is -2.09. The molecule has 9 nitrogen and oxygen atoms in total. The first kappa shape index (κ1) is 20.0. The van der Waals surface area contributed by atoms with E-state index in [1.807, 2.05) is 19.1 Å². The van der Waals surface area contributed by atoms with E-state index in [4.69, 9.17) is 9.26 Å². The highest BCUT2D eigenvalue weighted by atomic mass is 16.5. The molecule has 4 fully saturated rings. The van der Waals surface area contributed by atoms with Crippen LogP contribution in [0, 0.1) is 18.8 Å². The molecule has 0 aromatic carbocycles. The van der Waals surface area contributed by atoms with Gasteiger partial charge in [0.15, 0.2) is 5.82 Å². The van der Waals surface area contributed by atoms with E-state index in [1.54, 1.807) is 17.9 Å². The maximum absolute atomic E-state index is 13.7. The van der Waals surface area contributed by atoms with Gasteiger partial charge >= 0.3 is 0 Å². The van der Waals surface area contributed by atoms with Gasteiger partial charge in [0.25, 0.3) is 0 Å². The molecule has 170 valence electrons. The number of amides is 3. The Hall–Kier alpha value is -2.68. The molecular formula is C23H28N4O5. The van der Waals surface area contributed by atoms with Crippen LogP contribution in [0.5, 0.6) is 0 Å². The van der Waals surface area contributed by atoms with Gasteiger partial charge in [-0.15, -0.1) is 0 Å². The van der Waals surface area contributed by atoms with Crippen LogP contribution < -0.4 is 10.6 Å². The molecule has 2 aliphatic carbocycles. The zero-order valence-electron chi connectivity index (χ0n) is 18.3. The minimum atomic E-state index is -1.13. The Balaban J connectivity index is 1.34. The molecule has 2 saturated carbocycles. The van der Waals surface area contributed by atoms with E-state index < -0.39 is 29.1 Å². The molecule has 6 rings (SSSR count). The predicted molar refractivity (Wildman–Crippen MR) is 112 cm³/mol. The number of anilines is 1. The molecule has 4 heterocycles. The third-order valence-electron chi connectivity index (χ3n) is 7.79. The van der Waals surface area contributed by atoms with Gasteiger partial charge in [0.05, 0.1) is 17.4 Å². The summed E-state index contributed by atoms with van der Waals surface area (Å²) < 4.78 is 11.5. The molecule has 2 N–H and O–H groups in total. The quantitative estimate of drug-likeness (QED) is 0.674. The first-order valence-corrected chi connectivity index (χ1v) is 11.6. The lowest BCUT2D eigenvalue weighted by Crippen LogP contribution is -2.56. The Kier molecular flexibility index (Phi) is 4.16. The maximum atomic E-state index is 13.7. The number of ether oxygens (including phenoxy) is 1.